The van der Waals surface area contributed by atoms with Crippen LogP contribution in [0.1, 0.15) is 29.3 Å². The first-order valence-corrected chi connectivity index (χ1v) is 7.81. The summed E-state index contributed by atoms with van der Waals surface area (Å²) in [5, 5.41) is 1.81. The molecule has 0 heterocycles. The van der Waals surface area contributed by atoms with Gasteiger partial charge in [0.1, 0.15) is 5.75 Å². The van der Waals surface area contributed by atoms with Crippen LogP contribution in [0, 0.1) is 11.6 Å². The predicted molar refractivity (Wildman–Crippen MR) is 86.6 cm³/mol. The third-order valence-corrected chi connectivity index (χ3v) is 3.58. The minimum absolute atomic E-state index is 0.00639. The van der Waals surface area contributed by atoms with Gasteiger partial charge in [0, 0.05) is 0 Å². The summed E-state index contributed by atoms with van der Waals surface area (Å²) in [7, 11) is 0. The molecule has 0 aliphatic carbocycles. The van der Waals surface area contributed by atoms with Crippen molar-refractivity contribution in [1.29, 1.82) is 0 Å². The number of amides is 1. The average Bonchev–Trinajstić information content (AvgIpc) is 2.56. The van der Waals surface area contributed by atoms with Crippen molar-refractivity contribution in [3.05, 3.63) is 58.1 Å². The monoisotopic (exact) mass is 393 g/mol. The van der Waals surface area contributed by atoms with Crippen molar-refractivity contribution in [3.8, 4) is 5.75 Å². The Bertz CT molecular complexity index is 824. The Morgan fingerprint density at radius 2 is 1.81 bits per heavy atom. The van der Waals surface area contributed by atoms with Gasteiger partial charge in [0.05, 0.1) is 28.4 Å². The van der Waals surface area contributed by atoms with Gasteiger partial charge in [0.15, 0.2) is 11.6 Å². The fourth-order valence-electron chi connectivity index (χ4n) is 2.03. The van der Waals surface area contributed by atoms with Gasteiger partial charge in [-0.25, -0.2) is 8.78 Å². The first-order valence-electron chi connectivity index (χ1n) is 7.43. The summed E-state index contributed by atoms with van der Waals surface area (Å²) in [4.78, 5) is 12.3. The van der Waals surface area contributed by atoms with Gasteiger partial charge < -0.3 is 10.1 Å². The van der Waals surface area contributed by atoms with Gasteiger partial charge in [-0.3, -0.25) is 4.79 Å². The van der Waals surface area contributed by atoms with Crippen LogP contribution in [0.2, 0.25) is 5.02 Å². The lowest BCUT2D eigenvalue weighted by molar-refractivity contribution is -0.137. The summed E-state index contributed by atoms with van der Waals surface area (Å²) in [6.45, 7) is 2.00. The molecular formula is C17H13ClF5NO2. The molecule has 0 saturated carbocycles. The molecule has 3 nitrogen and oxygen atoms in total. The molecule has 9 heteroatoms. The molecule has 0 fully saturated rings. The van der Waals surface area contributed by atoms with Crippen molar-refractivity contribution >= 4 is 23.2 Å². The Balaban J connectivity index is 2.39. The molecule has 1 amide bonds. The number of ether oxygens (including phenoxy) is 1. The number of alkyl halides is 3. The van der Waals surface area contributed by atoms with Gasteiger partial charge in [0.25, 0.3) is 5.91 Å². The van der Waals surface area contributed by atoms with E-state index in [2.05, 4.69) is 5.32 Å². The molecule has 2 aromatic carbocycles. The van der Waals surface area contributed by atoms with E-state index in [9.17, 15) is 26.7 Å². The van der Waals surface area contributed by atoms with Gasteiger partial charge in [-0.05, 0) is 36.8 Å². The van der Waals surface area contributed by atoms with Crippen LogP contribution in [0.25, 0.3) is 0 Å². The largest absolute Gasteiger partial charge is 0.491 e. The number of carbonyl (C=O) groups is 1. The SMILES string of the molecule is CCCOc1ccc(C(F)(F)F)cc1NC(=O)c1cc(F)c(F)cc1Cl. The second-order valence-electron chi connectivity index (χ2n) is 5.26. The molecule has 0 aromatic heterocycles. The van der Waals surface area contributed by atoms with Gasteiger partial charge in [0.2, 0.25) is 0 Å². The molecule has 0 spiro atoms. The van der Waals surface area contributed by atoms with E-state index in [0.29, 0.717) is 24.6 Å². The average molecular weight is 394 g/mol. The molecule has 0 atom stereocenters. The van der Waals surface area contributed by atoms with E-state index in [1.807, 2.05) is 0 Å². The van der Waals surface area contributed by atoms with E-state index < -0.39 is 34.8 Å². The fourth-order valence-corrected chi connectivity index (χ4v) is 2.26. The van der Waals surface area contributed by atoms with Gasteiger partial charge in [-0.15, -0.1) is 0 Å². The Hall–Kier alpha value is -2.35. The number of benzene rings is 2. The zero-order chi connectivity index (χ0) is 19.5. The van der Waals surface area contributed by atoms with Crippen LogP contribution in [0.5, 0.6) is 5.75 Å². The maximum atomic E-state index is 13.3. The van der Waals surface area contributed by atoms with E-state index in [4.69, 9.17) is 16.3 Å². The molecule has 0 unspecified atom stereocenters. The summed E-state index contributed by atoms with van der Waals surface area (Å²) in [5.74, 6) is -3.56. The summed E-state index contributed by atoms with van der Waals surface area (Å²) in [6, 6.07) is 3.74. The van der Waals surface area contributed by atoms with Crippen LogP contribution < -0.4 is 10.1 Å². The van der Waals surface area contributed by atoms with E-state index in [-0.39, 0.29) is 23.1 Å². The summed E-state index contributed by atoms with van der Waals surface area (Å²) in [5.41, 5.74) is -1.70. The Labute approximate surface area is 150 Å². The molecule has 0 aliphatic heterocycles. The third kappa shape index (κ3) is 4.63. The number of rotatable bonds is 5. The van der Waals surface area contributed by atoms with Gasteiger partial charge in [-0.2, -0.15) is 13.2 Å². The molecule has 2 rings (SSSR count). The highest BCUT2D eigenvalue weighted by molar-refractivity contribution is 6.34. The second kappa shape index (κ2) is 7.90. The molecule has 2 aromatic rings. The lowest BCUT2D eigenvalue weighted by Gasteiger charge is -2.15. The van der Waals surface area contributed by atoms with Crippen LogP contribution >= 0.6 is 11.6 Å². The highest BCUT2D eigenvalue weighted by Gasteiger charge is 2.31. The van der Waals surface area contributed by atoms with E-state index in [1.165, 1.54) is 0 Å². The highest BCUT2D eigenvalue weighted by Crippen LogP contribution is 2.35. The molecule has 0 saturated heterocycles. The highest BCUT2D eigenvalue weighted by atomic mass is 35.5. The summed E-state index contributed by atoms with van der Waals surface area (Å²) in [6.07, 6.45) is -4.05. The number of anilines is 1. The quantitative estimate of drug-likeness (QED) is 0.524. The van der Waals surface area contributed by atoms with Crippen LogP contribution in [-0.4, -0.2) is 12.5 Å². The Morgan fingerprint density at radius 1 is 1.15 bits per heavy atom. The maximum absolute atomic E-state index is 13.3. The Morgan fingerprint density at radius 3 is 2.42 bits per heavy atom. The van der Waals surface area contributed by atoms with Crippen LogP contribution in [0.4, 0.5) is 27.6 Å². The first kappa shape index (κ1) is 20.0. The molecule has 26 heavy (non-hydrogen) atoms. The molecule has 0 aliphatic rings. The molecule has 0 bridgehead atoms. The van der Waals surface area contributed by atoms with Gasteiger partial charge >= 0.3 is 6.18 Å². The van der Waals surface area contributed by atoms with Crippen molar-refractivity contribution in [1.82, 2.24) is 0 Å². The zero-order valence-corrected chi connectivity index (χ0v) is 14.1. The Kier molecular flexibility index (Phi) is 6.07. The number of carbonyl (C=O) groups excluding carboxylic acids is 1. The van der Waals surface area contributed by atoms with Crippen molar-refractivity contribution in [2.24, 2.45) is 0 Å². The van der Waals surface area contributed by atoms with E-state index in [1.54, 1.807) is 6.92 Å². The van der Waals surface area contributed by atoms with Crippen molar-refractivity contribution < 1.29 is 31.5 Å². The van der Waals surface area contributed by atoms with Crippen LogP contribution in [0.15, 0.2) is 30.3 Å². The minimum atomic E-state index is -4.64. The second-order valence-corrected chi connectivity index (χ2v) is 5.66. The van der Waals surface area contributed by atoms with E-state index in [0.717, 1.165) is 12.1 Å². The molecular weight excluding hydrogens is 381 g/mol. The molecule has 140 valence electrons. The number of hydrogen-bond acceptors (Lipinski definition) is 2. The van der Waals surface area contributed by atoms with Crippen LogP contribution in [0.3, 0.4) is 0 Å². The van der Waals surface area contributed by atoms with Crippen molar-refractivity contribution in [3.63, 3.8) is 0 Å². The number of hydrogen-bond donors (Lipinski definition) is 1. The van der Waals surface area contributed by atoms with Crippen LogP contribution in [-0.2, 0) is 6.18 Å². The molecule has 0 radical (unpaired) electrons. The number of nitrogens with one attached hydrogen (secondary N) is 1. The fraction of sp³-hybridized carbons (Fsp3) is 0.235. The standard InChI is InChI=1S/C17H13ClF5NO2/c1-2-5-26-15-4-3-9(17(21,22)23)6-14(15)24-16(25)10-7-12(19)13(20)8-11(10)18/h3-4,6-8H,2,5H2,1H3,(H,24,25). The maximum Gasteiger partial charge on any atom is 0.416 e. The minimum Gasteiger partial charge on any atom is -0.491 e. The lowest BCUT2D eigenvalue weighted by Crippen LogP contribution is -2.15. The summed E-state index contributed by atoms with van der Waals surface area (Å²) >= 11 is 5.71. The van der Waals surface area contributed by atoms with Gasteiger partial charge in [-0.1, -0.05) is 18.5 Å². The smallest absolute Gasteiger partial charge is 0.416 e. The topological polar surface area (TPSA) is 38.3 Å². The molecule has 1 N–H and O–H groups in total. The first-order chi connectivity index (χ1) is 12.1. The third-order valence-electron chi connectivity index (χ3n) is 3.27. The zero-order valence-electron chi connectivity index (χ0n) is 13.4. The lowest BCUT2D eigenvalue weighted by atomic mass is 10.1. The van der Waals surface area contributed by atoms with Crippen molar-refractivity contribution in [2.45, 2.75) is 19.5 Å². The van der Waals surface area contributed by atoms with Crippen molar-refractivity contribution in [2.75, 3.05) is 11.9 Å². The number of halogens is 6. The van der Waals surface area contributed by atoms with E-state index >= 15 is 0 Å². The predicted octanol–water partition coefficient (Wildman–Crippen LogP) is 5.68. The summed E-state index contributed by atoms with van der Waals surface area (Å²) < 4.78 is 70.5. The normalized spacial score (nSPS) is 11.3.